The molecule has 4 aromatic rings. The van der Waals surface area contributed by atoms with E-state index in [2.05, 4.69) is 84.9 Å². The van der Waals surface area contributed by atoms with Gasteiger partial charge in [-0.2, -0.15) is 0 Å². The lowest BCUT2D eigenvalue weighted by Gasteiger charge is -2.40. The van der Waals surface area contributed by atoms with Gasteiger partial charge in [-0.05, 0) is 53.3 Å². The molecule has 0 aromatic heterocycles. The van der Waals surface area contributed by atoms with Gasteiger partial charge in [-0.1, -0.05) is 60.3 Å². The van der Waals surface area contributed by atoms with Crippen LogP contribution in [0.1, 0.15) is 16.7 Å². The zero-order valence-electron chi connectivity index (χ0n) is 15.9. The molecule has 2 aliphatic heterocycles. The summed E-state index contributed by atoms with van der Waals surface area (Å²) in [6.07, 6.45) is 4.43. The molecule has 1 spiro atoms. The lowest BCUT2D eigenvalue weighted by atomic mass is 9.82. The van der Waals surface area contributed by atoms with E-state index in [4.69, 9.17) is 9.47 Å². The van der Waals surface area contributed by atoms with Crippen molar-refractivity contribution in [2.45, 2.75) is 15.4 Å². The normalized spacial score (nSPS) is 15.3. The van der Waals surface area contributed by atoms with Crippen LogP contribution in [0.15, 0.2) is 94.7 Å². The minimum absolute atomic E-state index is 0.613. The van der Waals surface area contributed by atoms with Crippen LogP contribution in [0.4, 0.5) is 0 Å². The van der Waals surface area contributed by atoms with E-state index in [1.165, 1.54) is 26.3 Å². The number of hydrogen-bond acceptors (Lipinski definition) is 3. The Morgan fingerprint density at radius 1 is 0.828 bits per heavy atom. The Labute approximate surface area is 173 Å². The van der Waals surface area contributed by atoms with Gasteiger partial charge < -0.3 is 9.47 Å². The van der Waals surface area contributed by atoms with Gasteiger partial charge in [-0.15, -0.1) is 0 Å². The molecule has 6 rings (SSSR count). The molecule has 0 aliphatic carbocycles. The summed E-state index contributed by atoms with van der Waals surface area (Å²) in [4.78, 5) is 2.48. The van der Waals surface area contributed by atoms with Gasteiger partial charge >= 0.3 is 0 Å². The second-order valence-corrected chi connectivity index (χ2v) is 8.41. The van der Waals surface area contributed by atoms with Crippen LogP contribution < -0.4 is 9.47 Å². The molecule has 0 amide bonds. The van der Waals surface area contributed by atoms with Crippen LogP contribution in [0.2, 0.25) is 0 Å². The van der Waals surface area contributed by atoms with Crippen LogP contribution in [0.25, 0.3) is 16.8 Å². The molecule has 0 saturated heterocycles. The Bertz CT molecular complexity index is 1260. The van der Waals surface area contributed by atoms with Crippen molar-refractivity contribution in [2.75, 3.05) is 7.11 Å². The summed E-state index contributed by atoms with van der Waals surface area (Å²) in [7, 11) is 1.70. The van der Waals surface area contributed by atoms with E-state index in [0.717, 1.165) is 22.4 Å². The lowest BCUT2D eigenvalue weighted by Crippen LogP contribution is -2.36. The van der Waals surface area contributed by atoms with Crippen molar-refractivity contribution in [1.29, 1.82) is 0 Å². The van der Waals surface area contributed by atoms with E-state index >= 15 is 0 Å². The first-order valence-corrected chi connectivity index (χ1v) is 10.5. The van der Waals surface area contributed by atoms with E-state index < -0.39 is 5.60 Å². The Kier molecular flexibility index (Phi) is 3.56. The molecule has 0 atom stereocenters. The zero-order chi connectivity index (χ0) is 19.4. The van der Waals surface area contributed by atoms with E-state index in [-0.39, 0.29) is 0 Å². The van der Waals surface area contributed by atoms with Crippen LogP contribution in [0.3, 0.4) is 0 Å². The number of fused-ring (bicyclic) bond motifs is 7. The van der Waals surface area contributed by atoms with E-state index in [9.17, 15) is 0 Å². The maximum atomic E-state index is 6.85. The van der Waals surface area contributed by atoms with Gasteiger partial charge in [0.25, 0.3) is 0 Å². The third-order valence-corrected chi connectivity index (χ3v) is 6.93. The van der Waals surface area contributed by atoms with Crippen molar-refractivity contribution in [3.8, 4) is 11.5 Å². The molecule has 4 aromatic carbocycles. The minimum Gasteiger partial charge on any atom is -0.497 e. The highest BCUT2D eigenvalue weighted by atomic mass is 32.2. The summed E-state index contributed by atoms with van der Waals surface area (Å²) in [6.45, 7) is 0. The van der Waals surface area contributed by atoms with Gasteiger partial charge in [0, 0.05) is 26.5 Å². The highest BCUT2D eigenvalue weighted by Crippen LogP contribution is 2.53. The molecule has 2 nitrogen and oxygen atoms in total. The maximum absolute atomic E-state index is 6.85. The summed E-state index contributed by atoms with van der Waals surface area (Å²) in [6, 6.07) is 27.4. The molecule has 140 valence electrons. The van der Waals surface area contributed by atoms with Gasteiger partial charge in [0.2, 0.25) is 0 Å². The van der Waals surface area contributed by atoms with Crippen LogP contribution in [-0.2, 0) is 5.60 Å². The largest absolute Gasteiger partial charge is 0.497 e. The van der Waals surface area contributed by atoms with Crippen LogP contribution >= 0.6 is 11.8 Å². The van der Waals surface area contributed by atoms with E-state index in [1.807, 2.05) is 17.8 Å². The molecule has 2 aliphatic rings. The fourth-order valence-corrected chi connectivity index (χ4v) is 5.57. The summed E-state index contributed by atoms with van der Waals surface area (Å²) in [5.41, 5.74) is 2.87. The molecular weight excluding hydrogens is 376 g/mol. The van der Waals surface area contributed by atoms with Crippen LogP contribution in [0.5, 0.6) is 11.5 Å². The monoisotopic (exact) mass is 394 g/mol. The summed E-state index contributed by atoms with van der Waals surface area (Å²) >= 11 is 1.81. The minimum atomic E-state index is -0.613. The third-order valence-electron chi connectivity index (χ3n) is 5.78. The average molecular weight is 394 g/mol. The first-order chi connectivity index (χ1) is 14.3. The average Bonchev–Trinajstić information content (AvgIpc) is 2.78. The molecule has 29 heavy (non-hydrogen) atoms. The molecular formula is C26H18O2S. The standard InChI is InChI=1S/C26H18O2S/c1-27-18-12-10-17-11-13-23-19(20(17)16-18)14-15-26(28-23)21-6-2-4-8-24(21)29-25-9-5-3-7-22(25)26/h2-16H,1H3. The van der Waals surface area contributed by atoms with Gasteiger partial charge in [0.1, 0.15) is 11.5 Å². The van der Waals surface area contributed by atoms with Crippen molar-refractivity contribution in [3.63, 3.8) is 0 Å². The second kappa shape index (κ2) is 6.16. The van der Waals surface area contributed by atoms with Crippen molar-refractivity contribution < 1.29 is 9.47 Å². The van der Waals surface area contributed by atoms with Gasteiger partial charge in [0.05, 0.1) is 7.11 Å². The highest BCUT2D eigenvalue weighted by Gasteiger charge is 2.43. The van der Waals surface area contributed by atoms with Gasteiger partial charge in [-0.25, -0.2) is 0 Å². The molecule has 0 fully saturated rings. The topological polar surface area (TPSA) is 18.5 Å². The highest BCUT2D eigenvalue weighted by molar-refractivity contribution is 7.99. The summed E-state index contributed by atoms with van der Waals surface area (Å²) in [5, 5.41) is 2.31. The van der Waals surface area contributed by atoms with Gasteiger partial charge in [-0.3, -0.25) is 0 Å². The maximum Gasteiger partial charge on any atom is 0.180 e. The first kappa shape index (κ1) is 16.8. The Balaban J connectivity index is 1.61. The zero-order valence-corrected chi connectivity index (χ0v) is 16.7. The molecule has 0 radical (unpaired) electrons. The van der Waals surface area contributed by atoms with Crippen molar-refractivity contribution in [1.82, 2.24) is 0 Å². The lowest BCUT2D eigenvalue weighted by molar-refractivity contribution is 0.154. The van der Waals surface area contributed by atoms with E-state index in [1.54, 1.807) is 7.11 Å². The molecule has 0 N–H and O–H groups in total. The van der Waals surface area contributed by atoms with E-state index in [0.29, 0.717) is 0 Å². The van der Waals surface area contributed by atoms with Crippen LogP contribution in [0, 0.1) is 0 Å². The van der Waals surface area contributed by atoms with Crippen molar-refractivity contribution in [3.05, 3.63) is 102 Å². The predicted octanol–water partition coefficient (Wildman–Crippen LogP) is 6.66. The Morgan fingerprint density at radius 2 is 1.52 bits per heavy atom. The second-order valence-electron chi connectivity index (χ2n) is 7.33. The number of rotatable bonds is 1. The first-order valence-electron chi connectivity index (χ1n) is 9.64. The SMILES string of the molecule is COc1ccc2ccc3c(c2c1)C=CC1(O3)c2ccccc2Sc2ccccc21. The van der Waals surface area contributed by atoms with Crippen LogP contribution in [-0.4, -0.2) is 7.11 Å². The Morgan fingerprint density at radius 3 is 2.24 bits per heavy atom. The third kappa shape index (κ3) is 2.37. The number of methoxy groups -OCH3 is 1. The molecule has 0 bridgehead atoms. The quantitative estimate of drug-likeness (QED) is 0.359. The van der Waals surface area contributed by atoms with Crippen molar-refractivity contribution >= 4 is 28.6 Å². The predicted molar refractivity (Wildman–Crippen MR) is 118 cm³/mol. The summed E-state index contributed by atoms with van der Waals surface area (Å²) in [5.74, 6) is 1.74. The molecule has 0 unspecified atom stereocenters. The van der Waals surface area contributed by atoms with Gasteiger partial charge in [0.15, 0.2) is 5.60 Å². The fraction of sp³-hybridized carbons (Fsp3) is 0.0769. The number of ether oxygens (including phenoxy) is 2. The Hall–Kier alpha value is -3.17. The number of benzene rings is 4. The molecule has 0 saturated carbocycles. The summed E-state index contributed by atoms with van der Waals surface area (Å²) < 4.78 is 12.3. The fourth-order valence-electron chi connectivity index (χ4n) is 4.38. The number of hydrogen-bond donors (Lipinski definition) is 0. The molecule has 2 heterocycles. The smallest absolute Gasteiger partial charge is 0.180 e. The molecule has 3 heteroatoms. The van der Waals surface area contributed by atoms with Crippen molar-refractivity contribution in [2.24, 2.45) is 0 Å².